The zero-order valence-corrected chi connectivity index (χ0v) is 13.4. The number of amides is 1. The Morgan fingerprint density at radius 2 is 2.08 bits per heavy atom. The van der Waals surface area contributed by atoms with Gasteiger partial charge in [-0.3, -0.25) is 9.59 Å². The molecule has 1 atom stereocenters. The molecule has 2 aromatic rings. The lowest BCUT2D eigenvalue weighted by atomic mass is 10.1. The monoisotopic (exact) mass is 333 g/mol. The molecule has 1 heterocycles. The smallest absolute Gasteiger partial charge is 0.271 e. The van der Waals surface area contributed by atoms with Gasteiger partial charge in [0.2, 0.25) is 0 Å². The van der Waals surface area contributed by atoms with Crippen molar-refractivity contribution in [2.45, 2.75) is 32.4 Å². The molecule has 1 aromatic heterocycles. The van der Waals surface area contributed by atoms with Crippen LogP contribution in [0.3, 0.4) is 0 Å². The lowest BCUT2D eigenvalue weighted by Crippen LogP contribution is -2.32. The molecule has 0 aliphatic heterocycles. The Balaban J connectivity index is 2.02. The number of nitrogens with one attached hydrogen (secondary N) is 1. The van der Waals surface area contributed by atoms with Crippen molar-refractivity contribution in [1.82, 2.24) is 15.1 Å². The van der Waals surface area contributed by atoms with E-state index in [0.717, 1.165) is 12.8 Å². The van der Waals surface area contributed by atoms with Crippen molar-refractivity contribution in [3.8, 4) is 0 Å². The van der Waals surface area contributed by atoms with Crippen molar-refractivity contribution in [2.75, 3.05) is 6.54 Å². The average molecular weight is 333 g/mol. The summed E-state index contributed by atoms with van der Waals surface area (Å²) in [7, 11) is 0. The number of unbranched alkanes of at least 4 members (excludes halogenated alkanes) is 1. The summed E-state index contributed by atoms with van der Waals surface area (Å²) in [5, 5.41) is 16.5. The minimum atomic E-state index is -1.17. The van der Waals surface area contributed by atoms with Gasteiger partial charge in [-0.2, -0.15) is 5.10 Å². The molecule has 1 amide bonds. The Hall–Kier alpha value is -2.54. The van der Waals surface area contributed by atoms with Crippen LogP contribution in [0.1, 0.15) is 41.9 Å². The number of aliphatic hydroxyl groups excluding tert-OH is 1. The second-order valence-corrected chi connectivity index (χ2v) is 5.38. The van der Waals surface area contributed by atoms with Gasteiger partial charge < -0.3 is 10.4 Å². The van der Waals surface area contributed by atoms with Gasteiger partial charge in [-0.05, 0) is 18.6 Å². The average Bonchev–Trinajstić information content (AvgIpc) is 2.59. The minimum Gasteiger partial charge on any atom is -0.386 e. The fourth-order valence-corrected chi connectivity index (χ4v) is 2.17. The second-order valence-electron chi connectivity index (χ2n) is 5.38. The number of aromatic nitrogens is 2. The first-order valence-electron chi connectivity index (χ1n) is 7.81. The molecule has 128 valence electrons. The van der Waals surface area contributed by atoms with Crippen LogP contribution in [0, 0.1) is 5.82 Å². The molecule has 24 heavy (non-hydrogen) atoms. The summed E-state index contributed by atoms with van der Waals surface area (Å²) < 4.78 is 14.8. The van der Waals surface area contributed by atoms with E-state index in [1.54, 1.807) is 6.07 Å². The summed E-state index contributed by atoms with van der Waals surface area (Å²) in [6, 6.07) is 8.43. The van der Waals surface area contributed by atoms with Crippen LogP contribution in [0.5, 0.6) is 0 Å². The topological polar surface area (TPSA) is 84.2 Å². The number of benzene rings is 1. The number of hydrogen-bond donors (Lipinski definition) is 2. The summed E-state index contributed by atoms with van der Waals surface area (Å²) in [5.41, 5.74) is -0.0866. The number of hydrogen-bond acceptors (Lipinski definition) is 4. The maximum atomic E-state index is 13.6. The number of carbonyl (C=O) groups is 1. The highest BCUT2D eigenvalue weighted by molar-refractivity contribution is 5.92. The Kier molecular flexibility index (Phi) is 6.20. The van der Waals surface area contributed by atoms with E-state index in [4.69, 9.17) is 0 Å². The molecule has 0 aliphatic rings. The normalized spacial score (nSPS) is 12.0. The van der Waals surface area contributed by atoms with E-state index in [2.05, 4.69) is 10.4 Å². The summed E-state index contributed by atoms with van der Waals surface area (Å²) in [6.45, 7) is 2.27. The molecule has 0 aliphatic carbocycles. The molecule has 0 bridgehead atoms. The van der Waals surface area contributed by atoms with Crippen molar-refractivity contribution in [1.29, 1.82) is 0 Å². The van der Waals surface area contributed by atoms with Gasteiger partial charge in [-0.25, -0.2) is 9.07 Å². The van der Waals surface area contributed by atoms with Gasteiger partial charge >= 0.3 is 0 Å². The molecule has 1 aromatic carbocycles. The summed E-state index contributed by atoms with van der Waals surface area (Å²) in [5.74, 6) is -1.07. The molecular weight excluding hydrogens is 313 g/mol. The van der Waals surface area contributed by atoms with Crippen molar-refractivity contribution < 1.29 is 14.3 Å². The van der Waals surface area contributed by atoms with Crippen molar-refractivity contribution in [3.05, 3.63) is 63.8 Å². The van der Waals surface area contributed by atoms with Crippen LogP contribution in [0.2, 0.25) is 0 Å². The third-order valence-electron chi connectivity index (χ3n) is 3.54. The van der Waals surface area contributed by atoms with Crippen LogP contribution in [0.4, 0.5) is 4.39 Å². The second kappa shape index (κ2) is 8.35. The lowest BCUT2D eigenvalue weighted by Gasteiger charge is -2.13. The van der Waals surface area contributed by atoms with Crippen LogP contribution < -0.4 is 10.9 Å². The van der Waals surface area contributed by atoms with Crippen molar-refractivity contribution >= 4 is 5.91 Å². The first-order valence-corrected chi connectivity index (χ1v) is 7.81. The van der Waals surface area contributed by atoms with Gasteiger partial charge in [0.1, 0.15) is 11.5 Å². The zero-order chi connectivity index (χ0) is 17.5. The molecule has 6 nitrogen and oxygen atoms in total. The van der Waals surface area contributed by atoms with Gasteiger partial charge in [-0.1, -0.05) is 31.5 Å². The fraction of sp³-hybridized carbons (Fsp3) is 0.353. The summed E-state index contributed by atoms with van der Waals surface area (Å²) in [6.07, 6.45) is 0.518. The van der Waals surface area contributed by atoms with E-state index in [0.29, 0.717) is 6.54 Å². The summed E-state index contributed by atoms with van der Waals surface area (Å²) >= 11 is 0. The maximum absolute atomic E-state index is 13.6. The van der Waals surface area contributed by atoms with Crippen LogP contribution in [-0.4, -0.2) is 27.3 Å². The number of carbonyl (C=O) groups excluding carboxylic acids is 1. The molecule has 0 saturated heterocycles. The highest BCUT2D eigenvalue weighted by Crippen LogP contribution is 2.15. The minimum absolute atomic E-state index is 0.0754. The van der Waals surface area contributed by atoms with Gasteiger partial charge in [0.15, 0.2) is 0 Å². The molecule has 2 N–H and O–H groups in total. The van der Waals surface area contributed by atoms with Gasteiger partial charge in [0.05, 0.1) is 6.10 Å². The number of nitrogens with zero attached hydrogens (tertiary/aromatic N) is 2. The van der Waals surface area contributed by atoms with E-state index in [1.165, 1.54) is 35.0 Å². The Morgan fingerprint density at radius 3 is 2.79 bits per heavy atom. The van der Waals surface area contributed by atoms with Crippen molar-refractivity contribution in [3.63, 3.8) is 0 Å². The van der Waals surface area contributed by atoms with Crippen LogP contribution in [-0.2, 0) is 6.54 Å². The third-order valence-corrected chi connectivity index (χ3v) is 3.54. The lowest BCUT2D eigenvalue weighted by molar-refractivity contribution is 0.0906. The number of aliphatic hydroxyl groups is 1. The Labute approximate surface area is 138 Å². The highest BCUT2D eigenvalue weighted by atomic mass is 19.1. The molecule has 0 spiro atoms. The molecule has 0 radical (unpaired) electrons. The largest absolute Gasteiger partial charge is 0.386 e. The molecular formula is C17H20FN3O3. The first-order chi connectivity index (χ1) is 11.5. The molecule has 0 saturated carbocycles. The van der Waals surface area contributed by atoms with Gasteiger partial charge in [0, 0.05) is 24.7 Å². The summed E-state index contributed by atoms with van der Waals surface area (Å²) in [4.78, 5) is 23.8. The van der Waals surface area contributed by atoms with E-state index >= 15 is 0 Å². The predicted octanol–water partition coefficient (Wildman–Crippen LogP) is 1.65. The van der Waals surface area contributed by atoms with E-state index < -0.39 is 17.8 Å². The zero-order valence-electron chi connectivity index (χ0n) is 13.4. The quantitative estimate of drug-likeness (QED) is 0.807. The Morgan fingerprint density at radius 1 is 1.33 bits per heavy atom. The van der Waals surface area contributed by atoms with Crippen molar-refractivity contribution in [2.24, 2.45) is 0 Å². The number of rotatable bonds is 7. The van der Waals surface area contributed by atoms with Crippen LogP contribution in [0.25, 0.3) is 0 Å². The highest BCUT2D eigenvalue weighted by Gasteiger charge is 2.15. The van der Waals surface area contributed by atoms with Gasteiger partial charge in [0.25, 0.3) is 11.5 Å². The van der Waals surface area contributed by atoms with Crippen LogP contribution in [0.15, 0.2) is 41.2 Å². The third kappa shape index (κ3) is 4.48. The van der Waals surface area contributed by atoms with E-state index in [1.807, 2.05) is 6.92 Å². The Bertz CT molecular complexity index is 761. The fourth-order valence-electron chi connectivity index (χ4n) is 2.17. The first kappa shape index (κ1) is 17.8. The number of halogens is 1. The standard InChI is InChI=1S/C17H20FN3O3/c1-2-3-10-21-16(23)9-8-14(20-21)17(24)19-11-15(22)12-6-4-5-7-13(12)18/h4-9,15,22H,2-3,10-11H2,1H3,(H,19,24). The maximum Gasteiger partial charge on any atom is 0.271 e. The van der Waals surface area contributed by atoms with E-state index in [-0.39, 0.29) is 23.4 Å². The molecule has 2 rings (SSSR count). The number of aryl methyl sites for hydroxylation is 1. The van der Waals surface area contributed by atoms with Gasteiger partial charge in [-0.15, -0.1) is 0 Å². The molecule has 1 unspecified atom stereocenters. The molecule has 0 fully saturated rings. The van der Waals surface area contributed by atoms with E-state index in [9.17, 15) is 19.1 Å². The SMILES string of the molecule is CCCCn1nc(C(=O)NCC(O)c2ccccc2F)ccc1=O. The van der Waals surface area contributed by atoms with Crippen LogP contribution >= 0.6 is 0 Å². The molecule has 7 heteroatoms. The predicted molar refractivity (Wildman–Crippen MR) is 87.1 cm³/mol.